The Bertz CT molecular complexity index is 1150. The van der Waals surface area contributed by atoms with Crippen LogP contribution < -0.4 is 18.9 Å². The minimum absolute atomic E-state index is 0.0437. The van der Waals surface area contributed by atoms with E-state index >= 15 is 0 Å². The second kappa shape index (κ2) is 9.78. The summed E-state index contributed by atoms with van der Waals surface area (Å²) in [5.74, 6) is 1.47. The molecule has 170 valence electrons. The molecule has 33 heavy (non-hydrogen) atoms. The molecule has 2 aliphatic heterocycles. The largest absolute Gasteiger partial charge is 0.493 e. The summed E-state index contributed by atoms with van der Waals surface area (Å²) < 4.78 is 22.6. The van der Waals surface area contributed by atoms with Gasteiger partial charge in [-0.3, -0.25) is 10.2 Å². The second-order valence-electron chi connectivity index (χ2n) is 7.02. The quantitative estimate of drug-likeness (QED) is 0.467. The number of nitrogens with one attached hydrogen (secondary N) is 1. The van der Waals surface area contributed by atoms with Crippen molar-refractivity contribution in [1.29, 1.82) is 5.41 Å². The van der Waals surface area contributed by atoms with Crippen molar-refractivity contribution >= 4 is 40.3 Å². The van der Waals surface area contributed by atoms with Crippen LogP contribution in [0.3, 0.4) is 0 Å². The van der Waals surface area contributed by atoms with Crippen LogP contribution in [0.15, 0.2) is 52.1 Å². The molecule has 2 aromatic rings. The molecule has 0 saturated heterocycles. The van der Waals surface area contributed by atoms with E-state index in [1.165, 1.54) is 36.5 Å². The Morgan fingerprint density at radius 2 is 1.73 bits per heavy atom. The number of carbonyl (C=O) groups is 1. The van der Waals surface area contributed by atoms with Crippen molar-refractivity contribution in [3.63, 3.8) is 0 Å². The Morgan fingerprint density at radius 1 is 1.06 bits per heavy atom. The third-order valence-electron chi connectivity index (χ3n) is 4.81. The van der Waals surface area contributed by atoms with Crippen LogP contribution in [0.1, 0.15) is 11.1 Å². The molecule has 10 heteroatoms. The van der Waals surface area contributed by atoms with E-state index in [4.69, 9.17) is 24.4 Å². The second-order valence-corrected chi connectivity index (χ2v) is 7.83. The number of aliphatic imine (C=N–C) groups is 1. The Balaban J connectivity index is 1.51. The maximum Gasteiger partial charge on any atom is 0.283 e. The molecular weight excluding hydrogens is 444 g/mol. The van der Waals surface area contributed by atoms with Crippen LogP contribution in [0.2, 0.25) is 0 Å². The van der Waals surface area contributed by atoms with Crippen molar-refractivity contribution in [2.75, 3.05) is 27.4 Å². The summed E-state index contributed by atoms with van der Waals surface area (Å²) in [6.45, 7) is 2.62. The molecule has 0 aliphatic carbocycles. The van der Waals surface area contributed by atoms with Crippen LogP contribution in [0, 0.1) is 12.3 Å². The highest BCUT2D eigenvalue weighted by atomic mass is 32.2. The van der Waals surface area contributed by atoms with Crippen LogP contribution in [0.4, 0.5) is 0 Å². The van der Waals surface area contributed by atoms with Gasteiger partial charge in [0.05, 0.1) is 25.3 Å². The average Bonchev–Trinajstić information content (AvgIpc) is 3.29. The molecule has 9 nitrogen and oxygen atoms in total. The predicted octanol–water partition coefficient (Wildman–Crippen LogP) is 3.72. The first kappa shape index (κ1) is 22.4. The third kappa shape index (κ3) is 4.85. The molecule has 0 radical (unpaired) electrons. The first-order valence-electron chi connectivity index (χ1n) is 10.0. The number of amides is 1. The van der Waals surface area contributed by atoms with E-state index in [9.17, 15) is 4.79 Å². The van der Waals surface area contributed by atoms with E-state index < -0.39 is 5.91 Å². The monoisotopic (exact) mass is 466 g/mol. The lowest BCUT2D eigenvalue weighted by Crippen LogP contribution is -2.35. The van der Waals surface area contributed by atoms with Gasteiger partial charge in [0.1, 0.15) is 19.0 Å². The van der Waals surface area contributed by atoms with Crippen molar-refractivity contribution in [2.24, 2.45) is 10.1 Å². The van der Waals surface area contributed by atoms with Crippen LogP contribution >= 0.6 is 11.8 Å². The molecule has 1 N–H and O–H groups in total. The van der Waals surface area contributed by atoms with Gasteiger partial charge in [-0.15, -0.1) is 0 Å². The number of rotatable bonds is 8. The number of hydrogen-bond donors (Lipinski definition) is 1. The topological polar surface area (TPSA) is 106 Å². The average molecular weight is 467 g/mol. The number of ether oxygens (including phenoxy) is 4. The van der Waals surface area contributed by atoms with Gasteiger partial charge in [0, 0.05) is 0 Å². The number of nitrogens with zero attached hydrogens (tertiary/aromatic N) is 3. The van der Waals surface area contributed by atoms with E-state index in [1.54, 1.807) is 18.2 Å². The van der Waals surface area contributed by atoms with E-state index in [1.807, 2.05) is 31.2 Å². The smallest absolute Gasteiger partial charge is 0.283 e. The normalized spacial score (nSPS) is 16.0. The van der Waals surface area contributed by atoms with Gasteiger partial charge in [-0.2, -0.15) is 15.1 Å². The lowest BCUT2D eigenvalue weighted by atomic mass is 10.1. The fraction of sp³-hybridized carbons (Fsp3) is 0.217. The van der Waals surface area contributed by atoms with Crippen molar-refractivity contribution in [1.82, 2.24) is 5.01 Å². The maximum absolute atomic E-state index is 12.4. The van der Waals surface area contributed by atoms with Gasteiger partial charge in [-0.05, 0) is 54.6 Å². The Hall–Kier alpha value is -3.79. The molecule has 0 fully saturated rings. The molecule has 0 spiro atoms. The summed E-state index contributed by atoms with van der Waals surface area (Å²) in [5, 5.41) is 14.1. The summed E-state index contributed by atoms with van der Waals surface area (Å²) in [6.07, 6.45) is 1.55. The summed E-state index contributed by atoms with van der Waals surface area (Å²) in [6, 6.07) is 11.2. The number of methoxy groups -OCH3 is 2. The highest BCUT2D eigenvalue weighted by Crippen LogP contribution is 2.39. The van der Waals surface area contributed by atoms with Gasteiger partial charge in [0.15, 0.2) is 22.5 Å². The highest BCUT2D eigenvalue weighted by molar-refractivity contribution is 8.25. The van der Waals surface area contributed by atoms with E-state index in [2.05, 4.69) is 10.1 Å². The number of amidine groups is 2. The molecule has 2 aromatic carbocycles. The summed E-state index contributed by atoms with van der Waals surface area (Å²) in [5.41, 5.74) is 3.40. The number of hydrazone groups is 1. The zero-order valence-corrected chi connectivity index (χ0v) is 19.1. The van der Waals surface area contributed by atoms with Gasteiger partial charge in [-0.25, -0.2) is 0 Å². The van der Waals surface area contributed by atoms with Crippen molar-refractivity contribution < 1.29 is 23.7 Å². The fourth-order valence-electron chi connectivity index (χ4n) is 3.17. The standard InChI is InChI=1S/C23H22N4O5S/c1-14-4-6-16(7-5-14)31-8-9-32-20-18(29-2)11-15(12-19(20)30-3)10-17-21(24)27-23(26-22(17)28)33-13-25-27/h4-7,10-13,24H,8-9H2,1-3H3. The minimum Gasteiger partial charge on any atom is -0.493 e. The SMILES string of the molecule is COc1cc(C=C2C(=N)N3N=CSC3=NC2=O)cc(OC)c1OCCOc1ccc(C)cc1. The Morgan fingerprint density at radius 3 is 2.39 bits per heavy atom. The molecular formula is C23H22N4O5S. The first-order valence-corrected chi connectivity index (χ1v) is 10.9. The number of benzene rings is 2. The van der Waals surface area contributed by atoms with Crippen molar-refractivity contribution in [2.45, 2.75) is 6.92 Å². The number of aryl methyl sites for hydroxylation is 1. The molecule has 4 rings (SSSR count). The highest BCUT2D eigenvalue weighted by Gasteiger charge is 2.32. The number of carbonyl (C=O) groups excluding carboxylic acids is 1. The van der Waals surface area contributed by atoms with Crippen LogP contribution in [0.5, 0.6) is 23.0 Å². The molecule has 1 amide bonds. The lowest BCUT2D eigenvalue weighted by Gasteiger charge is -2.20. The van der Waals surface area contributed by atoms with E-state index in [-0.39, 0.29) is 18.0 Å². The predicted molar refractivity (Wildman–Crippen MR) is 128 cm³/mol. The van der Waals surface area contributed by atoms with Gasteiger partial charge in [0.2, 0.25) is 5.75 Å². The third-order valence-corrected chi connectivity index (χ3v) is 5.48. The Kier molecular flexibility index (Phi) is 6.64. The van der Waals surface area contributed by atoms with Gasteiger partial charge in [0.25, 0.3) is 5.91 Å². The number of fused-ring (bicyclic) bond motifs is 1. The molecule has 2 aliphatic rings. The summed E-state index contributed by atoms with van der Waals surface area (Å²) >= 11 is 1.19. The fourth-order valence-corrected chi connectivity index (χ4v) is 3.78. The molecule has 0 saturated carbocycles. The van der Waals surface area contributed by atoms with Gasteiger partial charge >= 0.3 is 0 Å². The minimum atomic E-state index is -0.504. The molecule has 0 bridgehead atoms. The van der Waals surface area contributed by atoms with E-state index in [0.717, 1.165) is 11.3 Å². The van der Waals surface area contributed by atoms with Gasteiger partial charge < -0.3 is 18.9 Å². The zero-order chi connectivity index (χ0) is 23.4. The molecule has 0 atom stereocenters. The first-order chi connectivity index (χ1) is 16.0. The van der Waals surface area contributed by atoms with Crippen LogP contribution in [-0.2, 0) is 4.79 Å². The number of hydrogen-bond acceptors (Lipinski definition) is 8. The van der Waals surface area contributed by atoms with E-state index in [0.29, 0.717) is 34.6 Å². The summed E-state index contributed by atoms with van der Waals surface area (Å²) in [4.78, 5) is 16.4. The maximum atomic E-state index is 12.4. The summed E-state index contributed by atoms with van der Waals surface area (Å²) in [7, 11) is 3.03. The van der Waals surface area contributed by atoms with Crippen LogP contribution in [0.25, 0.3) is 6.08 Å². The van der Waals surface area contributed by atoms with Crippen molar-refractivity contribution in [3.05, 3.63) is 53.1 Å². The van der Waals surface area contributed by atoms with Crippen molar-refractivity contribution in [3.8, 4) is 23.0 Å². The Labute approximate surface area is 195 Å². The zero-order valence-electron chi connectivity index (χ0n) is 18.3. The lowest BCUT2D eigenvalue weighted by molar-refractivity contribution is -0.114. The van der Waals surface area contributed by atoms with Crippen LogP contribution in [-0.4, -0.2) is 54.9 Å². The van der Waals surface area contributed by atoms with Gasteiger partial charge in [-0.1, -0.05) is 17.7 Å². The molecule has 0 unspecified atom stereocenters. The number of thioether (sulfide) groups is 1. The molecule has 2 heterocycles. The molecule has 0 aromatic heterocycles.